The molecule has 0 atom stereocenters. The molecule has 0 spiro atoms. The third kappa shape index (κ3) is 3.54. The molecule has 3 nitrogen and oxygen atoms in total. The standard InChI is InChI=1S/C17H14Cl2N2OS2/c1-3-6-21-16(22)13-7-10(2)24-15(13)20-17(21)23-9-11-4-5-12(18)8-14(11)19/h3-5,7-8H,1,6,9H2,2H3. The fourth-order valence-electron chi connectivity index (χ4n) is 2.30. The zero-order valence-corrected chi connectivity index (χ0v) is 16.0. The average molecular weight is 397 g/mol. The summed E-state index contributed by atoms with van der Waals surface area (Å²) < 4.78 is 1.65. The van der Waals surface area contributed by atoms with Crippen LogP contribution in [0.15, 0.2) is 46.9 Å². The van der Waals surface area contributed by atoms with Crippen LogP contribution in [0.3, 0.4) is 0 Å². The maximum Gasteiger partial charge on any atom is 0.263 e. The van der Waals surface area contributed by atoms with Gasteiger partial charge in [-0.25, -0.2) is 4.98 Å². The van der Waals surface area contributed by atoms with Crippen LogP contribution in [0.4, 0.5) is 0 Å². The minimum absolute atomic E-state index is 0.0334. The molecule has 0 radical (unpaired) electrons. The Bertz CT molecular complexity index is 979. The van der Waals surface area contributed by atoms with Gasteiger partial charge in [-0.2, -0.15) is 0 Å². The first-order valence-electron chi connectivity index (χ1n) is 7.18. The predicted octanol–water partition coefficient (Wildman–Crippen LogP) is 5.55. The molecule has 2 aromatic heterocycles. The van der Waals surface area contributed by atoms with Crippen molar-refractivity contribution in [1.82, 2.24) is 9.55 Å². The van der Waals surface area contributed by atoms with E-state index in [1.807, 2.05) is 19.1 Å². The largest absolute Gasteiger partial charge is 0.283 e. The molecule has 0 unspecified atom stereocenters. The number of rotatable bonds is 5. The molecule has 7 heteroatoms. The minimum Gasteiger partial charge on any atom is -0.283 e. The number of benzene rings is 1. The second-order valence-electron chi connectivity index (χ2n) is 5.20. The molecule has 2 heterocycles. The number of aromatic nitrogens is 2. The van der Waals surface area contributed by atoms with Crippen molar-refractivity contribution < 1.29 is 0 Å². The van der Waals surface area contributed by atoms with Crippen LogP contribution < -0.4 is 5.56 Å². The Morgan fingerprint density at radius 2 is 2.17 bits per heavy atom. The number of fused-ring (bicyclic) bond motifs is 1. The van der Waals surface area contributed by atoms with Gasteiger partial charge in [0.15, 0.2) is 5.16 Å². The van der Waals surface area contributed by atoms with Crippen molar-refractivity contribution >= 4 is 56.5 Å². The number of aryl methyl sites for hydroxylation is 1. The molecular weight excluding hydrogens is 383 g/mol. The van der Waals surface area contributed by atoms with Gasteiger partial charge in [-0.15, -0.1) is 17.9 Å². The van der Waals surface area contributed by atoms with Crippen molar-refractivity contribution in [2.45, 2.75) is 24.4 Å². The van der Waals surface area contributed by atoms with Crippen LogP contribution in [0.2, 0.25) is 10.0 Å². The topological polar surface area (TPSA) is 34.9 Å². The van der Waals surface area contributed by atoms with Gasteiger partial charge in [-0.1, -0.05) is 47.1 Å². The quantitative estimate of drug-likeness (QED) is 0.322. The molecule has 0 N–H and O–H groups in total. The molecule has 0 aliphatic rings. The van der Waals surface area contributed by atoms with Crippen molar-refractivity contribution in [3.05, 3.63) is 67.8 Å². The van der Waals surface area contributed by atoms with E-state index in [4.69, 9.17) is 23.2 Å². The summed E-state index contributed by atoms with van der Waals surface area (Å²) in [5, 5.41) is 2.54. The van der Waals surface area contributed by atoms with Crippen LogP contribution in [0, 0.1) is 6.92 Å². The number of hydrogen-bond acceptors (Lipinski definition) is 4. The third-order valence-corrected chi connectivity index (χ3v) is 5.98. The molecule has 0 fully saturated rings. The van der Waals surface area contributed by atoms with Crippen LogP contribution in [0.5, 0.6) is 0 Å². The first-order chi connectivity index (χ1) is 11.5. The molecule has 0 aliphatic heterocycles. The summed E-state index contributed by atoms with van der Waals surface area (Å²) in [5.41, 5.74) is 0.918. The van der Waals surface area contributed by atoms with Gasteiger partial charge in [0, 0.05) is 27.2 Å². The summed E-state index contributed by atoms with van der Waals surface area (Å²) in [4.78, 5) is 19.2. The highest BCUT2D eigenvalue weighted by atomic mass is 35.5. The fraction of sp³-hybridized carbons (Fsp3) is 0.176. The summed E-state index contributed by atoms with van der Waals surface area (Å²) in [5.74, 6) is 0.607. The molecule has 24 heavy (non-hydrogen) atoms. The number of nitrogens with zero attached hydrogens (tertiary/aromatic N) is 2. The number of allylic oxidation sites excluding steroid dienone is 1. The van der Waals surface area contributed by atoms with E-state index in [9.17, 15) is 4.79 Å². The normalized spacial score (nSPS) is 11.1. The van der Waals surface area contributed by atoms with Gasteiger partial charge in [-0.3, -0.25) is 9.36 Å². The van der Waals surface area contributed by atoms with Crippen LogP contribution in [-0.4, -0.2) is 9.55 Å². The van der Waals surface area contributed by atoms with E-state index in [1.165, 1.54) is 23.1 Å². The lowest BCUT2D eigenvalue weighted by Crippen LogP contribution is -2.22. The van der Waals surface area contributed by atoms with Crippen molar-refractivity contribution in [3.8, 4) is 0 Å². The van der Waals surface area contributed by atoms with Gasteiger partial charge in [0.05, 0.1) is 5.39 Å². The van der Waals surface area contributed by atoms with Crippen LogP contribution in [0.1, 0.15) is 10.4 Å². The highest BCUT2D eigenvalue weighted by molar-refractivity contribution is 7.98. The average Bonchev–Trinajstić information content (AvgIpc) is 2.90. The minimum atomic E-state index is -0.0334. The number of thioether (sulfide) groups is 1. The van der Waals surface area contributed by atoms with Crippen molar-refractivity contribution in [2.75, 3.05) is 0 Å². The van der Waals surface area contributed by atoms with E-state index < -0.39 is 0 Å². The Hall–Kier alpha value is -1.27. The highest BCUT2D eigenvalue weighted by Crippen LogP contribution is 2.29. The molecule has 3 rings (SSSR count). The predicted molar refractivity (Wildman–Crippen MR) is 105 cm³/mol. The van der Waals surface area contributed by atoms with E-state index in [0.29, 0.717) is 32.9 Å². The second kappa shape index (κ2) is 7.31. The van der Waals surface area contributed by atoms with Crippen molar-refractivity contribution in [2.24, 2.45) is 0 Å². The highest BCUT2D eigenvalue weighted by Gasteiger charge is 2.13. The summed E-state index contributed by atoms with van der Waals surface area (Å²) in [6, 6.07) is 7.30. The van der Waals surface area contributed by atoms with Crippen molar-refractivity contribution in [3.63, 3.8) is 0 Å². The molecule has 124 valence electrons. The Morgan fingerprint density at radius 1 is 1.38 bits per heavy atom. The Kier molecular flexibility index (Phi) is 5.35. The van der Waals surface area contributed by atoms with Gasteiger partial charge in [-0.05, 0) is 30.7 Å². The van der Waals surface area contributed by atoms with Crippen molar-refractivity contribution in [1.29, 1.82) is 0 Å². The van der Waals surface area contributed by atoms with E-state index in [-0.39, 0.29) is 5.56 Å². The summed E-state index contributed by atoms with van der Waals surface area (Å²) >= 11 is 15.2. The lowest BCUT2D eigenvalue weighted by atomic mass is 10.2. The van der Waals surface area contributed by atoms with E-state index >= 15 is 0 Å². The van der Waals surface area contributed by atoms with E-state index in [2.05, 4.69) is 11.6 Å². The molecule has 1 aromatic carbocycles. The first-order valence-corrected chi connectivity index (χ1v) is 9.74. The molecule has 0 aliphatic carbocycles. The van der Waals surface area contributed by atoms with Crippen LogP contribution in [-0.2, 0) is 12.3 Å². The van der Waals surface area contributed by atoms with Gasteiger partial charge >= 0.3 is 0 Å². The van der Waals surface area contributed by atoms with Gasteiger partial charge in [0.1, 0.15) is 4.83 Å². The lowest BCUT2D eigenvalue weighted by Gasteiger charge is -2.10. The van der Waals surface area contributed by atoms with Gasteiger partial charge in [0.25, 0.3) is 5.56 Å². The van der Waals surface area contributed by atoms with Crippen LogP contribution in [0.25, 0.3) is 10.2 Å². The Balaban J connectivity index is 1.99. The zero-order valence-electron chi connectivity index (χ0n) is 12.9. The monoisotopic (exact) mass is 396 g/mol. The Labute approximate surface area is 157 Å². The Morgan fingerprint density at radius 3 is 2.88 bits per heavy atom. The molecule has 0 amide bonds. The number of thiophene rings is 1. The molecular formula is C17H14Cl2N2OS2. The third-order valence-electron chi connectivity index (χ3n) is 3.42. The second-order valence-corrected chi connectivity index (χ2v) is 8.22. The maximum atomic E-state index is 12.7. The maximum absolute atomic E-state index is 12.7. The van der Waals surface area contributed by atoms with Gasteiger partial charge < -0.3 is 0 Å². The first kappa shape index (κ1) is 17.5. The van der Waals surface area contributed by atoms with E-state index in [0.717, 1.165) is 15.3 Å². The fourth-order valence-corrected chi connectivity index (χ4v) is 4.79. The lowest BCUT2D eigenvalue weighted by molar-refractivity contribution is 0.673. The van der Waals surface area contributed by atoms with Crippen LogP contribution >= 0.6 is 46.3 Å². The smallest absolute Gasteiger partial charge is 0.263 e. The number of halogens is 2. The molecule has 0 saturated carbocycles. The molecule has 0 bridgehead atoms. The zero-order chi connectivity index (χ0) is 17.3. The van der Waals surface area contributed by atoms with E-state index in [1.54, 1.807) is 22.8 Å². The summed E-state index contributed by atoms with van der Waals surface area (Å²) in [7, 11) is 0. The molecule has 0 saturated heterocycles. The SMILES string of the molecule is C=CCn1c(SCc2ccc(Cl)cc2Cl)nc2sc(C)cc2c1=O. The number of hydrogen-bond donors (Lipinski definition) is 0. The summed E-state index contributed by atoms with van der Waals surface area (Å²) in [6.07, 6.45) is 1.70. The van der Waals surface area contributed by atoms with Gasteiger partial charge in [0.2, 0.25) is 0 Å². The molecule has 3 aromatic rings. The summed E-state index contributed by atoms with van der Waals surface area (Å²) in [6.45, 7) is 6.14.